The van der Waals surface area contributed by atoms with Crippen molar-refractivity contribution in [1.82, 2.24) is 10.2 Å². The number of piperidine rings is 1. The Kier molecular flexibility index (Phi) is 6.77. The summed E-state index contributed by atoms with van der Waals surface area (Å²) >= 11 is 5.96. The SMILES string of the molecule is N#C[C@H](Cc1ccc(OCCN[C@H]2C3CN(Cc4ccc(Cl)cc4)C[C@@H]32)cc1)C(=O)O. The number of benzene rings is 2. The van der Waals surface area contributed by atoms with Crippen LogP contribution in [0.5, 0.6) is 5.75 Å². The maximum Gasteiger partial charge on any atom is 0.321 e. The summed E-state index contributed by atoms with van der Waals surface area (Å²) in [4.78, 5) is 13.5. The molecule has 1 saturated carbocycles. The summed E-state index contributed by atoms with van der Waals surface area (Å²) in [6.45, 7) is 4.63. The molecule has 1 unspecified atom stereocenters. The molecule has 7 heteroatoms. The van der Waals surface area contributed by atoms with Crippen LogP contribution in [0, 0.1) is 29.1 Å². The fraction of sp³-hybridized carbons (Fsp3) is 0.417. The molecule has 0 aromatic heterocycles. The van der Waals surface area contributed by atoms with Crippen LogP contribution in [-0.4, -0.2) is 48.3 Å². The maximum absolute atomic E-state index is 11.0. The molecule has 162 valence electrons. The normalized spacial score (nSPS) is 23.0. The van der Waals surface area contributed by atoms with Gasteiger partial charge in [-0.25, -0.2) is 0 Å². The lowest BCUT2D eigenvalue weighted by molar-refractivity contribution is -0.139. The number of hydrogen-bond donors (Lipinski definition) is 2. The predicted octanol–water partition coefficient (Wildman–Crippen LogP) is 3.21. The van der Waals surface area contributed by atoms with E-state index in [0.29, 0.717) is 12.6 Å². The zero-order valence-corrected chi connectivity index (χ0v) is 18.0. The lowest BCUT2D eigenvalue weighted by Gasteiger charge is -2.20. The Labute approximate surface area is 187 Å². The van der Waals surface area contributed by atoms with Crippen LogP contribution in [0.1, 0.15) is 11.1 Å². The summed E-state index contributed by atoms with van der Waals surface area (Å²) in [6, 6.07) is 17.8. The number of nitriles is 1. The first-order chi connectivity index (χ1) is 15.0. The number of fused-ring (bicyclic) bond motifs is 1. The van der Waals surface area contributed by atoms with Crippen LogP contribution >= 0.6 is 11.6 Å². The van der Waals surface area contributed by atoms with Crippen molar-refractivity contribution in [3.63, 3.8) is 0 Å². The highest BCUT2D eigenvalue weighted by molar-refractivity contribution is 6.30. The van der Waals surface area contributed by atoms with Crippen molar-refractivity contribution in [3.8, 4) is 11.8 Å². The molecule has 0 spiro atoms. The third-order valence-electron chi connectivity index (χ3n) is 6.16. The number of ether oxygens (including phenoxy) is 1. The van der Waals surface area contributed by atoms with Crippen LogP contribution in [0.15, 0.2) is 48.5 Å². The minimum atomic E-state index is -1.09. The van der Waals surface area contributed by atoms with E-state index in [1.54, 1.807) is 0 Å². The molecule has 31 heavy (non-hydrogen) atoms. The van der Waals surface area contributed by atoms with Crippen LogP contribution in [0.3, 0.4) is 0 Å². The first-order valence-electron chi connectivity index (χ1n) is 10.6. The van der Waals surface area contributed by atoms with Crippen molar-refractivity contribution in [2.45, 2.75) is 19.0 Å². The minimum Gasteiger partial charge on any atom is -0.492 e. The molecule has 6 nitrogen and oxygen atoms in total. The number of nitrogens with one attached hydrogen (secondary N) is 1. The first-order valence-corrected chi connectivity index (χ1v) is 11.0. The Morgan fingerprint density at radius 1 is 1.16 bits per heavy atom. The fourth-order valence-electron chi connectivity index (χ4n) is 4.43. The Morgan fingerprint density at radius 2 is 1.81 bits per heavy atom. The summed E-state index contributed by atoms with van der Waals surface area (Å²) in [5, 5.41) is 22.2. The van der Waals surface area contributed by atoms with Crippen molar-refractivity contribution in [2.24, 2.45) is 17.8 Å². The van der Waals surface area contributed by atoms with Crippen LogP contribution in [0.25, 0.3) is 0 Å². The molecule has 2 aliphatic rings. The standard InChI is InChI=1S/C24H26ClN3O3/c25-19-5-1-17(2-6-19)13-28-14-21-22(15-28)23(21)27-9-10-31-20-7-3-16(4-8-20)11-18(12-26)24(29)30/h1-8,18,21-23,27H,9-11,13-15H2,(H,29,30)/t18-,21-,22?,23+/m0/s1. The van der Waals surface area contributed by atoms with E-state index in [-0.39, 0.29) is 6.42 Å². The average molecular weight is 440 g/mol. The number of carbonyl (C=O) groups is 1. The molecule has 4 rings (SSSR count). The maximum atomic E-state index is 11.0. The van der Waals surface area contributed by atoms with E-state index in [1.165, 1.54) is 5.56 Å². The molecule has 1 aliphatic carbocycles. The molecular weight excluding hydrogens is 414 g/mol. The number of rotatable bonds is 10. The van der Waals surface area contributed by atoms with Gasteiger partial charge in [-0.1, -0.05) is 35.9 Å². The predicted molar refractivity (Wildman–Crippen MR) is 118 cm³/mol. The van der Waals surface area contributed by atoms with Crippen molar-refractivity contribution >= 4 is 17.6 Å². The fourth-order valence-corrected chi connectivity index (χ4v) is 4.56. The number of halogens is 1. The number of hydrogen-bond acceptors (Lipinski definition) is 5. The largest absolute Gasteiger partial charge is 0.492 e. The van der Waals surface area contributed by atoms with Gasteiger partial charge in [0.15, 0.2) is 0 Å². The molecule has 1 saturated heterocycles. The number of carboxylic acids is 1. The summed E-state index contributed by atoms with van der Waals surface area (Å²) in [7, 11) is 0. The molecule has 4 atom stereocenters. The molecule has 0 radical (unpaired) electrons. The van der Waals surface area contributed by atoms with Gasteiger partial charge in [0.05, 0.1) is 6.07 Å². The highest BCUT2D eigenvalue weighted by atomic mass is 35.5. The summed E-state index contributed by atoms with van der Waals surface area (Å²) in [6.07, 6.45) is 0.202. The third-order valence-corrected chi connectivity index (χ3v) is 6.41. The second kappa shape index (κ2) is 9.69. The molecule has 1 heterocycles. The van der Waals surface area contributed by atoms with E-state index in [2.05, 4.69) is 22.3 Å². The molecule has 2 aromatic carbocycles. The van der Waals surface area contributed by atoms with Crippen molar-refractivity contribution in [3.05, 3.63) is 64.7 Å². The van der Waals surface area contributed by atoms with Gasteiger partial charge in [-0.3, -0.25) is 9.69 Å². The smallest absolute Gasteiger partial charge is 0.321 e. The highest BCUT2D eigenvalue weighted by Gasteiger charge is 2.55. The Morgan fingerprint density at radius 3 is 2.42 bits per heavy atom. The number of likely N-dealkylation sites (tertiary alicyclic amines) is 1. The summed E-state index contributed by atoms with van der Waals surface area (Å²) in [5.41, 5.74) is 2.12. The lowest BCUT2D eigenvalue weighted by Crippen LogP contribution is -2.33. The van der Waals surface area contributed by atoms with Crippen LogP contribution in [-0.2, 0) is 17.8 Å². The Hall–Kier alpha value is -2.59. The van der Waals surface area contributed by atoms with Crippen molar-refractivity contribution in [2.75, 3.05) is 26.2 Å². The molecule has 2 fully saturated rings. The quantitative estimate of drug-likeness (QED) is 0.553. The van der Waals surface area contributed by atoms with Gasteiger partial charge in [0.1, 0.15) is 18.3 Å². The highest BCUT2D eigenvalue weighted by Crippen LogP contribution is 2.45. The monoisotopic (exact) mass is 439 g/mol. The van der Waals surface area contributed by atoms with Gasteiger partial charge in [-0.05, 0) is 53.6 Å². The molecule has 0 amide bonds. The van der Waals surface area contributed by atoms with E-state index in [9.17, 15) is 4.79 Å². The Balaban J connectivity index is 1.12. The Bertz CT molecular complexity index is 930. The molecule has 2 N–H and O–H groups in total. The van der Waals surface area contributed by atoms with Crippen molar-refractivity contribution in [1.29, 1.82) is 5.26 Å². The van der Waals surface area contributed by atoms with Crippen LogP contribution in [0.4, 0.5) is 0 Å². The first kappa shape index (κ1) is 21.6. The second-order valence-corrected chi connectivity index (χ2v) is 8.78. The van der Waals surface area contributed by atoms with Gasteiger partial charge >= 0.3 is 5.97 Å². The van der Waals surface area contributed by atoms with E-state index in [0.717, 1.165) is 54.4 Å². The topological polar surface area (TPSA) is 85.6 Å². The van der Waals surface area contributed by atoms with Crippen molar-refractivity contribution < 1.29 is 14.6 Å². The van der Waals surface area contributed by atoms with Crippen LogP contribution < -0.4 is 10.1 Å². The van der Waals surface area contributed by atoms with E-state index in [4.69, 9.17) is 26.7 Å². The van der Waals surface area contributed by atoms with E-state index >= 15 is 0 Å². The van der Waals surface area contributed by atoms with Gasteiger partial charge in [-0.2, -0.15) is 5.26 Å². The number of carboxylic acid groups (broad SMARTS) is 1. The molecule has 0 bridgehead atoms. The molecule has 1 aliphatic heterocycles. The lowest BCUT2D eigenvalue weighted by atomic mass is 10.0. The minimum absolute atomic E-state index is 0.202. The molecule has 2 aromatic rings. The number of aliphatic carboxylic acids is 1. The third kappa shape index (κ3) is 5.56. The zero-order chi connectivity index (χ0) is 21.8. The van der Waals surface area contributed by atoms with Gasteiger partial charge in [0.2, 0.25) is 0 Å². The second-order valence-electron chi connectivity index (χ2n) is 8.34. The molecular formula is C24H26ClN3O3. The van der Waals surface area contributed by atoms with Gasteiger partial charge in [0, 0.05) is 37.2 Å². The summed E-state index contributed by atoms with van der Waals surface area (Å²) < 4.78 is 5.78. The number of nitrogens with zero attached hydrogens (tertiary/aromatic N) is 2. The van der Waals surface area contributed by atoms with E-state index < -0.39 is 11.9 Å². The van der Waals surface area contributed by atoms with Crippen LogP contribution in [0.2, 0.25) is 5.02 Å². The van der Waals surface area contributed by atoms with Gasteiger partial charge < -0.3 is 15.2 Å². The van der Waals surface area contributed by atoms with E-state index in [1.807, 2.05) is 42.5 Å². The zero-order valence-electron chi connectivity index (χ0n) is 17.2. The summed E-state index contributed by atoms with van der Waals surface area (Å²) in [5.74, 6) is 0.102. The van der Waals surface area contributed by atoms with Gasteiger partial charge in [-0.15, -0.1) is 0 Å². The average Bonchev–Trinajstić information content (AvgIpc) is 3.21. The van der Waals surface area contributed by atoms with Gasteiger partial charge in [0.25, 0.3) is 0 Å².